The number of benzene rings is 2. The summed E-state index contributed by atoms with van der Waals surface area (Å²) in [6.07, 6.45) is 0. The zero-order chi connectivity index (χ0) is 13.0. The average molecular weight is 346 g/mol. The molecule has 0 amide bonds. The number of alkyl halides is 1. The fourth-order valence-corrected chi connectivity index (χ4v) is 2.41. The Labute approximate surface area is 125 Å². The lowest BCUT2D eigenvalue weighted by Crippen LogP contribution is -1.98. The molecule has 0 spiro atoms. The van der Waals surface area contributed by atoms with E-state index in [0.29, 0.717) is 12.5 Å². The fourth-order valence-electron chi connectivity index (χ4n) is 1.56. The molecular formula is C14H11BrCl2O. The highest BCUT2D eigenvalue weighted by molar-refractivity contribution is 9.10. The lowest BCUT2D eigenvalue weighted by Gasteiger charge is -2.12. The van der Waals surface area contributed by atoms with Crippen LogP contribution in [0.1, 0.15) is 11.1 Å². The van der Waals surface area contributed by atoms with Gasteiger partial charge in [0.05, 0.1) is 10.4 Å². The molecule has 1 nitrogen and oxygen atoms in total. The molecule has 0 aliphatic heterocycles. The van der Waals surface area contributed by atoms with Crippen LogP contribution in [-0.2, 0) is 12.5 Å². The van der Waals surface area contributed by atoms with E-state index in [1.54, 1.807) is 0 Å². The molecule has 0 aliphatic carbocycles. The van der Waals surface area contributed by atoms with Crippen molar-refractivity contribution < 1.29 is 4.74 Å². The number of hydrogen-bond donors (Lipinski definition) is 0. The number of hydrogen-bond acceptors (Lipinski definition) is 1. The van der Waals surface area contributed by atoms with E-state index in [1.165, 1.54) is 0 Å². The van der Waals surface area contributed by atoms with Crippen molar-refractivity contribution in [1.29, 1.82) is 0 Å². The first kappa shape index (κ1) is 13.7. The third kappa shape index (κ3) is 3.41. The van der Waals surface area contributed by atoms with Crippen LogP contribution in [0, 0.1) is 0 Å². The molecule has 0 bridgehead atoms. The summed E-state index contributed by atoms with van der Waals surface area (Å²) in [5.41, 5.74) is 2.04. The van der Waals surface area contributed by atoms with Gasteiger partial charge in [-0.25, -0.2) is 0 Å². The Morgan fingerprint density at radius 3 is 2.44 bits per heavy atom. The lowest BCUT2D eigenvalue weighted by molar-refractivity contribution is 0.302. The van der Waals surface area contributed by atoms with Crippen LogP contribution in [0.15, 0.2) is 46.9 Å². The van der Waals surface area contributed by atoms with Gasteiger partial charge in [-0.3, -0.25) is 0 Å². The van der Waals surface area contributed by atoms with Crippen LogP contribution in [0.25, 0.3) is 0 Å². The maximum atomic E-state index is 5.89. The Bertz CT molecular complexity index is 526. The first-order chi connectivity index (χ1) is 8.70. The maximum Gasteiger partial charge on any atom is 0.138 e. The van der Waals surface area contributed by atoms with E-state index >= 15 is 0 Å². The predicted octanol–water partition coefficient (Wildman–Crippen LogP) is 5.42. The van der Waals surface area contributed by atoms with Gasteiger partial charge in [-0.15, -0.1) is 11.6 Å². The normalized spacial score (nSPS) is 10.4. The van der Waals surface area contributed by atoms with Crippen molar-refractivity contribution in [1.82, 2.24) is 0 Å². The van der Waals surface area contributed by atoms with Crippen LogP contribution in [0.4, 0.5) is 0 Å². The lowest BCUT2D eigenvalue weighted by atomic mass is 10.2. The molecule has 0 N–H and O–H groups in total. The van der Waals surface area contributed by atoms with E-state index < -0.39 is 0 Å². The molecular weight excluding hydrogens is 335 g/mol. The number of para-hydroxylation sites is 1. The molecule has 2 aromatic carbocycles. The van der Waals surface area contributed by atoms with Crippen molar-refractivity contribution in [2.75, 3.05) is 0 Å². The smallest absolute Gasteiger partial charge is 0.138 e. The minimum Gasteiger partial charge on any atom is -0.487 e. The molecule has 0 saturated carbocycles. The Morgan fingerprint density at radius 1 is 1.06 bits per heavy atom. The summed E-state index contributed by atoms with van der Waals surface area (Å²) in [6.45, 7) is 0.490. The van der Waals surface area contributed by atoms with Crippen LogP contribution in [0.2, 0.25) is 5.02 Å². The van der Waals surface area contributed by atoms with Crippen LogP contribution >= 0.6 is 39.1 Å². The van der Waals surface area contributed by atoms with Gasteiger partial charge in [0, 0.05) is 10.6 Å². The summed E-state index contributed by atoms with van der Waals surface area (Å²) in [4.78, 5) is 0. The van der Waals surface area contributed by atoms with Crippen molar-refractivity contribution in [3.63, 3.8) is 0 Å². The molecule has 0 aliphatic rings. The molecule has 0 atom stereocenters. The van der Waals surface area contributed by atoms with Crippen LogP contribution in [0.3, 0.4) is 0 Å². The Hall–Kier alpha value is -0.700. The van der Waals surface area contributed by atoms with E-state index in [1.807, 2.05) is 42.5 Å². The number of ether oxygens (including phenoxy) is 1. The molecule has 0 aromatic heterocycles. The van der Waals surface area contributed by atoms with Crippen molar-refractivity contribution in [2.45, 2.75) is 12.5 Å². The first-order valence-corrected chi connectivity index (χ1v) is 7.12. The molecule has 0 radical (unpaired) electrons. The van der Waals surface area contributed by atoms with Gasteiger partial charge in [-0.05, 0) is 39.7 Å². The third-order valence-corrected chi connectivity index (χ3v) is 3.65. The van der Waals surface area contributed by atoms with Crippen molar-refractivity contribution >= 4 is 39.1 Å². The predicted molar refractivity (Wildman–Crippen MR) is 79.5 cm³/mol. The van der Waals surface area contributed by atoms with Gasteiger partial charge in [0.25, 0.3) is 0 Å². The van der Waals surface area contributed by atoms with Gasteiger partial charge < -0.3 is 4.74 Å². The molecule has 18 heavy (non-hydrogen) atoms. The summed E-state index contributed by atoms with van der Waals surface area (Å²) in [6, 6.07) is 13.4. The topological polar surface area (TPSA) is 9.23 Å². The van der Waals surface area contributed by atoms with E-state index in [4.69, 9.17) is 27.9 Å². The fraction of sp³-hybridized carbons (Fsp3) is 0.143. The molecule has 0 heterocycles. The molecule has 0 fully saturated rings. The Balaban J connectivity index is 2.12. The second-order valence-electron chi connectivity index (χ2n) is 3.78. The van der Waals surface area contributed by atoms with Crippen molar-refractivity contribution in [3.8, 4) is 5.75 Å². The van der Waals surface area contributed by atoms with Gasteiger partial charge in [0.1, 0.15) is 12.4 Å². The maximum absolute atomic E-state index is 5.89. The Morgan fingerprint density at radius 2 is 1.78 bits per heavy atom. The SMILES string of the molecule is ClCc1cccc(Br)c1OCc1ccc(Cl)cc1. The van der Waals surface area contributed by atoms with Gasteiger partial charge in [0.2, 0.25) is 0 Å². The third-order valence-electron chi connectivity index (χ3n) is 2.49. The van der Waals surface area contributed by atoms with E-state index in [0.717, 1.165) is 26.4 Å². The van der Waals surface area contributed by atoms with E-state index in [2.05, 4.69) is 15.9 Å². The summed E-state index contributed by atoms with van der Waals surface area (Å²) in [5.74, 6) is 1.22. The second kappa shape index (κ2) is 6.46. The van der Waals surface area contributed by atoms with Gasteiger partial charge >= 0.3 is 0 Å². The van der Waals surface area contributed by atoms with Gasteiger partial charge in [-0.2, -0.15) is 0 Å². The van der Waals surface area contributed by atoms with E-state index in [-0.39, 0.29) is 0 Å². The second-order valence-corrected chi connectivity index (χ2v) is 5.33. The molecule has 94 valence electrons. The number of rotatable bonds is 4. The largest absolute Gasteiger partial charge is 0.487 e. The van der Waals surface area contributed by atoms with Crippen molar-refractivity contribution in [2.24, 2.45) is 0 Å². The molecule has 2 rings (SSSR count). The molecule has 0 unspecified atom stereocenters. The minimum atomic E-state index is 0.426. The van der Waals surface area contributed by atoms with Gasteiger partial charge in [0.15, 0.2) is 0 Å². The van der Waals surface area contributed by atoms with Crippen LogP contribution in [0.5, 0.6) is 5.75 Å². The highest BCUT2D eigenvalue weighted by atomic mass is 79.9. The average Bonchev–Trinajstić information content (AvgIpc) is 2.39. The summed E-state index contributed by atoms with van der Waals surface area (Å²) in [7, 11) is 0. The molecule has 2 aromatic rings. The van der Waals surface area contributed by atoms with Crippen LogP contribution in [-0.4, -0.2) is 0 Å². The number of halogens is 3. The van der Waals surface area contributed by atoms with Crippen molar-refractivity contribution in [3.05, 3.63) is 63.1 Å². The minimum absolute atomic E-state index is 0.426. The van der Waals surface area contributed by atoms with E-state index in [9.17, 15) is 0 Å². The standard InChI is InChI=1S/C14H11BrCl2O/c15-13-3-1-2-11(8-16)14(13)18-9-10-4-6-12(17)7-5-10/h1-7H,8-9H2. The summed E-state index contributed by atoms with van der Waals surface area (Å²) in [5, 5.41) is 0.723. The van der Waals surface area contributed by atoms with Crippen LogP contribution < -0.4 is 4.74 Å². The van der Waals surface area contributed by atoms with Gasteiger partial charge in [-0.1, -0.05) is 35.9 Å². The summed E-state index contributed by atoms with van der Waals surface area (Å²) >= 11 is 15.2. The zero-order valence-corrected chi connectivity index (χ0v) is 12.6. The molecule has 0 saturated heterocycles. The summed E-state index contributed by atoms with van der Waals surface area (Å²) < 4.78 is 6.72. The Kier molecular flexibility index (Phi) is 4.93. The first-order valence-electron chi connectivity index (χ1n) is 5.41. The molecule has 4 heteroatoms. The quantitative estimate of drug-likeness (QED) is 0.672. The highest BCUT2D eigenvalue weighted by Crippen LogP contribution is 2.30. The monoisotopic (exact) mass is 344 g/mol. The highest BCUT2D eigenvalue weighted by Gasteiger charge is 2.07. The zero-order valence-electron chi connectivity index (χ0n) is 9.50.